The van der Waals surface area contributed by atoms with Gasteiger partial charge in [0.2, 0.25) is 5.91 Å². The maximum atomic E-state index is 13.0. The largest absolute Gasteiger partial charge is 0.497 e. The van der Waals surface area contributed by atoms with Gasteiger partial charge in [0.1, 0.15) is 11.5 Å². The van der Waals surface area contributed by atoms with E-state index >= 15 is 0 Å². The van der Waals surface area contributed by atoms with Crippen LogP contribution in [0.1, 0.15) is 31.4 Å². The van der Waals surface area contributed by atoms with Gasteiger partial charge < -0.3 is 14.4 Å². The Morgan fingerprint density at radius 2 is 1.93 bits per heavy atom. The van der Waals surface area contributed by atoms with Crippen molar-refractivity contribution in [1.82, 2.24) is 4.90 Å². The van der Waals surface area contributed by atoms with Gasteiger partial charge in [-0.05, 0) is 56.6 Å². The van der Waals surface area contributed by atoms with Gasteiger partial charge in [-0.1, -0.05) is 18.2 Å². The van der Waals surface area contributed by atoms with Crippen LogP contribution in [0.5, 0.6) is 11.5 Å². The zero-order chi connectivity index (χ0) is 19.2. The molecule has 5 nitrogen and oxygen atoms in total. The summed E-state index contributed by atoms with van der Waals surface area (Å²) in [5.74, 6) is 1.77. The zero-order valence-electron chi connectivity index (χ0n) is 16.4. The van der Waals surface area contributed by atoms with E-state index in [9.17, 15) is 4.79 Å². The Labute approximate surface area is 161 Å². The van der Waals surface area contributed by atoms with Crippen molar-refractivity contribution in [3.05, 3.63) is 54.1 Å². The number of anilines is 1. The van der Waals surface area contributed by atoms with Gasteiger partial charge in [0.25, 0.3) is 0 Å². The number of benzene rings is 2. The Kier molecular flexibility index (Phi) is 6.35. The quantitative estimate of drug-likeness (QED) is 0.743. The molecule has 0 aliphatic carbocycles. The van der Waals surface area contributed by atoms with Crippen molar-refractivity contribution in [2.24, 2.45) is 0 Å². The van der Waals surface area contributed by atoms with Gasteiger partial charge in [0.05, 0.1) is 20.8 Å². The molecule has 27 heavy (non-hydrogen) atoms. The molecule has 0 saturated carbocycles. The first-order chi connectivity index (χ1) is 13.2. The van der Waals surface area contributed by atoms with E-state index in [0.29, 0.717) is 13.1 Å². The molecule has 0 radical (unpaired) electrons. The minimum atomic E-state index is 0.123. The van der Waals surface area contributed by atoms with E-state index in [1.54, 1.807) is 14.2 Å². The fourth-order valence-corrected chi connectivity index (χ4v) is 3.84. The van der Waals surface area contributed by atoms with Gasteiger partial charge in [0.15, 0.2) is 0 Å². The predicted molar refractivity (Wildman–Crippen MR) is 108 cm³/mol. The normalized spacial score (nSPS) is 16.9. The summed E-state index contributed by atoms with van der Waals surface area (Å²) >= 11 is 0. The molecule has 2 aromatic carbocycles. The standard InChI is InChI=1S/C22H28N2O3/c1-4-24(17-9-6-5-7-10-17)22(25)16-23-14-8-11-20(23)19-15-18(26-2)12-13-21(19)27-3/h5-7,9-10,12-13,15,20H,4,8,11,14,16H2,1-3H3/t20-/m1/s1. The van der Waals surface area contributed by atoms with Gasteiger partial charge >= 0.3 is 0 Å². The lowest BCUT2D eigenvalue weighted by atomic mass is 10.0. The number of amides is 1. The summed E-state index contributed by atoms with van der Waals surface area (Å²) in [5.41, 5.74) is 2.03. The van der Waals surface area contributed by atoms with Crippen molar-refractivity contribution in [2.75, 3.05) is 38.8 Å². The molecule has 144 valence electrons. The molecule has 1 heterocycles. The smallest absolute Gasteiger partial charge is 0.241 e. The third-order valence-electron chi connectivity index (χ3n) is 5.18. The van der Waals surface area contributed by atoms with Gasteiger partial charge in [-0.2, -0.15) is 0 Å². The van der Waals surface area contributed by atoms with Crippen molar-refractivity contribution >= 4 is 11.6 Å². The van der Waals surface area contributed by atoms with Crippen LogP contribution in [0.4, 0.5) is 5.69 Å². The van der Waals surface area contributed by atoms with Crippen molar-refractivity contribution in [2.45, 2.75) is 25.8 Å². The van der Waals surface area contributed by atoms with E-state index in [2.05, 4.69) is 4.90 Å². The molecule has 1 aliphatic heterocycles. The Morgan fingerprint density at radius 1 is 1.15 bits per heavy atom. The second-order valence-electron chi connectivity index (χ2n) is 6.71. The highest BCUT2D eigenvalue weighted by Crippen LogP contribution is 2.38. The summed E-state index contributed by atoms with van der Waals surface area (Å²) in [4.78, 5) is 17.1. The minimum Gasteiger partial charge on any atom is -0.497 e. The molecular formula is C22H28N2O3. The van der Waals surface area contributed by atoms with Gasteiger partial charge in [-0.25, -0.2) is 0 Å². The molecule has 2 aromatic rings. The highest BCUT2D eigenvalue weighted by molar-refractivity contribution is 5.94. The monoisotopic (exact) mass is 368 g/mol. The topological polar surface area (TPSA) is 42.0 Å². The molecule has 0 bridgehead atoms. The Balaban J connectivity index is 1.80. The number of carbonyl (C=O) groups excluding carboxylic acids is 1. The summed E-state index contributed by atoms with van der Waals surface area (Å²) in [7, 11) is 3.35. The average molecular weight is 368 g/mol. The van der Waals surface area contributed by atoms with E-state index < -0.39 is 0 Å². The van der Waals surface area contributed by atoms with Crippen LogP contribution in [-0.4, -0.2) is 44.7 Å². The third-order valence-corrected chi connectivity index (χ3v) is 5.18. The van der Waals surface area contributed by atoms with Crippen LogP contribution >= 0.6 is 0 Å². The molecule has 5 heteroatoms. The lowest BCUT2D eigenvalue weighted by Gasteiger charge is -2.29. The molecule has 1 saturated heterocycles. The second-order valence-corrected chi connectivity index (χ2v) is 6.71. The number of para-hydroxylation sites is 1. The number of hydrogen-bond acceptors (Lipinski definition) is 4. The predicted octanol–water partition coefficient (Wildman–Crippen LogP) is 3.89. The zero-order valence-corrected chi connectivity index (χ0v) is 16.4. The second kappa shape index (κ2) is 8.91. The van der Waals surface area contributed by atoms with E-state index in [0.717, 1.165) is 42.1 Å². The molecule has 1 amide bonds. The van der Waals surface area contributed by atoms with Crippen LogP contribution in [0.2, 0.25) is 0 Å². The number of nitrogens with zero attached hydrogens (tertiary/aromatic N) is 2. The maximum absolute atomic E-state index is 13.0. The summed E-state index contributed by atoms with van der Waals surface area (Å²) in [6.07, 6.45) is 2.07. The van der Waals surface area contributed by atoms with Crippen molar-refractivity contribution < 1.29 is 14.3 Å². The van der Waals surface area contributed by atoms with Crippen LogP contribution in [0.25, 0.3) is 0 Å². The van der Waals surface area contributed by atoms with Crippen LogP contribution in [0.3, 0.4) is 0 Å². The van der Waals surface area contributed by atoms with Gasteiger partial charge in [-0.15, -0.1) is 0 Å². The van der Waals surface area contributed by atoms with E-state index in [4.69, 9.17) is 9.47 Å². The molecule has 3 rings (SSSR count). The number of likely N-dealkylation sites (tertiary alicyclic amines) is 1. The first kappa shape index (κ1) is 19.2. The lowest BCUT2D eigenvalue weighted by Crippen LogP contribution is -2.40. The Hall–Kier alpha value is -2.53. The Bertz CT molecular complexity index is 763. The molecule has 0 unspecified atom stereocenters. The fourth-order valence-electron chi connectivity index (χ4n) is 3.84. The summed E-state index contributed by atoms with van der Waals surface area (Å²) in [6, 6.07) is 15.9. The molecule has 1 fully saturated rings. The van der Waals surface area contributed by atoms with E-state index in [-0.39, 0.29) is 11.9 Å². The summed E-state index contributed by atoms with van der Waals surface area (Å²) < 4.78 is 11.0. The van der Waals surface area contributed by atoms with Gasteiger partial charge in [-0.3, -0.25) is 9.69 Å². The molecular weight excluding hydrogens is 340 g/mol. The maximum Gasteiger partial charge on any atom is 0.241 e. The highest BCUT2D eigenvalue weighted by atomic mass is 16.5. The van der Waals surface area contributed by atoms with Gasteiger partial charge in [0, 0.05) is 23.8 Å². The van der Waals surface area contributed by atoms with Crippen LogP contribution in [0.15, 0.2) is 48.5 Å². The lowest BCUT2D eigenvalue weighted by molar-refractivity contribution is -0.119. The number of ether oxygens (including phenoxy) is 2. The number of rotatable bonds is 7. The van der Waals surface area contributed by atoms with Crippen LogP contribution in [0, 0.1) is 0 Å². The minimum absolute atomic E-state index is 0.123. The molecule has 0 aromatic heterocycles. The Morgan fingerprint density at radius 3 is 2.59 bits per heavy atom. The van der Waals surface area contributed by atoms with Crippen molar-refractivity contribution in [3.8, 4) is 11.5 Å². The van der Waals surface area contributed by atoms with Crippen molar-refractivity contribution in [3.63, 3.8) is 0 Å². The molecule has 0 spiro atoms. The van der Waals surface area contributed by atoms with Crippen LogP contribution < -0.4 is 14.4 Å². The number of carbonyl (C=O) groups is 1. The first-order valence-corrected chi connectivity index (χ1v) is 9.49. The highest BCUT2D eigenvalue weighted by Gasteiger charge is 2.31. The number of likely N-dealkylation sites (N-methyl/N-ethyl adjacent to an activating group) is 1. The number of hydrogen-bond donors (Lipinski definition) is 0. The first-order valence-electron chi connectivity index (χ1n) is 9.49. The SMILES string of the molecule is CCN(C(=O)CN1CCC[C@@H]1c1cc(OC)ccc1OC)c1ccccc1. The van der Waals surface area contributed by atoms with E-state index in [1.165, 1.54) is 0 Å². The van der Waals surface area contributed by atoms with Crippen LogP contribution in [-0.2, 0) is 4.79 Å². The van der Waals surface area contributed by atoms with E-state index in [1.807, 2.05) is 60.4 Å². The molecule has 0 N–H and O–H groups in total. The number of methoxy groups -OCH3 is 2. The fraction of sp³-hybridized carbons (Fsp3) is 0.409. The third kappa shape index (κ3) is 4.25. The van der Waals surface area contributed by atoms with Crippen molar-refractivity contribution in [1.29, 1.82) is 0 Å². The molecule has 1 atom stereocenters. The summed E-state index contributed by atoms with van der Waals surface area (Å²) in [6.45, 7) is 3.97. The molecule has 1 aliphatic rings. The average Bonchev–Trinajstić information content (AvgIpc) is 3.16. The summed E-state index contributed by atoms with van der Waals surface area (Å²) in [5, 5.41) is 0.